The van der Waals surface area contributed by atoms with E-state index in [2.05, 4.69) is 17.1 Å². The summed E-state index contributed by atoms with van der Waals surface area (Å²) in [4.78, 5) is 14.3. The van der Waals surface area contributed by atoms with Gasteiger partial charge in [-0.05, 0) is 43.9 Å². The average molecular weight is 222 g/mol. The molecular weight excluding hydrogens is 200 g/mol. The van der Waals surface area contributed by atoms with Crippen molar-refractivity contribution in [1.82, 2.24) is 10.2 Å². The number of rotatable bonds is 4. The summed E-state index contributed by atoms with van der Waals surface area (Å²) in [5.41, 5.74) is 0. The first kappa shape index (κ1) is 10.6. The van der Waals surface area contributed by atoms with Crippen LogP contribution in [-0.4, -0.2) is 36.0 Å². The van der Waals surface area contributed by atoms with Crippen LogP contribution in [0.15, 0.2) is 0 Å². The first-order chi connectivity index (χ1) is 7.74. The maximum absolute atomic E-state index is 12.2. The minimum atomic E-state index is 0.135. The molecule has 1 N–H and O–H groups in total. The van der Waals surface area contributed by atoms with Crippen LogP contribution in [0.5, 0.6) is 0 Å². The average Bonchev–Trinajstić information content (AvgIpc) is 3.14. The predicted molar refractivity (Wildman–Crippen MR) is 63.0 cm³/mol. The van der Waals surface area contributed by atoms with Crippen molar-refractivity contribution in [3.8, 4) is 0 Å². The van der Waals surface area contributed by atoms with Gasteiger partial charge in [-0.2, -0.15) is 0 Å². The molecule has 90 valence electrons. The second-order valence-corrected chi connectivity index (χ2v) is 5.89. The number of carbonyl (C=O) groups is 1. The maximum atomic E-state index is 12.2. The Hall–Kier alpha value is -0.570. The molecule has 0 aromatic rings. The Labute approximate surface area is 97.6 Å². The standard InChI is InChI=1S/C13H22N2O/c1-9-7-10(9)8-15-6-2-3-12(13(15)16)14-11-4-5-11/h9-12,14H,2-8H2,1H3. The second-order valence-electron chi connectivity index (χ2n) is 5.89. The Morgan fingerprint density at radius 1 is 1.38 bits per heavy atom. The van der Waals surface area contributed by atoms with E-state index >= 15 is 0 Å². The molecule has 0 spiro atoms. The molecule has 3 atom stereocenters. The molecule has 3 nitrogen and oxygen atoms in total. The number of nitrogens with one attached hydrogen (secondary N) is 1. The molecule has 2 saturated carbocycles. The zero-order valence-corrected chi connectivity index (χ0v) is 10.1. The Kier molecular flexibility index (Phi) is 2.66. The highest BCUT2D eigenvalue weighted by molar-refractivity contribution is 5.82. The monoisotopic (exact) mass is 222 g/mol. The SMILES string of the molecule is CC1CC1CN1CCCC(NC2CC2)C1=O. The van der Waals surface area contributed by atoms with Crippen LogP contribution in [0.25, 0.3) is 0 Å². The minimum absolute atomic E-state index is 0.135. The van der Waals surface area contributed by atoms with Crippen LogP contribution in [0.4, 0.5) is 0 Å². The first-order valence-electron chi connectivity index (χ1n) is 6.79. The van der Waals surface area contributed by atoms with Crippen LogP contribution in [0, 0.1) is 11.8 Å². The van der Waals surface area contributed by atoms with Gasteiger partial charge >= 0.3 is 0 Å². The van der Waals surface area contributed by atoms with Gasteiger partial charge in [0.25, 0.3) is 0 Å². The van der Waals surface area contributed by atoms with Crippen LogP contribution in [0.1, 0.15) is 39.0 Å². The van der Waals surface area contributed by atoms with E-state index in [1.165, 1.54) is 25.7 Å². The summed E-state index contributed by atoms with van der Waals surface area (Å²) in [5, 5.41) is 3.49. The lowest BCUT2D eigenvalue weighted by molar-refractivity contribution is -0.136. The highest BCUT2D eigenvalue weighted by Crippen LogP contribution is 2.38. The van der Waals surface area contributed by atoms with E-state index in [1.807, 2.05) is 0 Å². The number of nitrogens with zero attached hydrogens (tertiary/aromatic N) is 1. The summed E-state index contributed by atoms with van der Waals surface area (Å²) >= 11 is 0. The van der Waals surface area contributed by atoms with Crippen molar-refractivity contribution >= 4 is 5.91 Å². The predicted octanol–water partition coefficient (Wildman–Crippen LogP) is 1.39. The molecule has 3 heteroatoms. The number of piperidine rings is 1. The van der Waals surface area contributed by atoms with E-state index < -0.39 is 0 Å². The molecule has 0 aromatic heterocycles. The van der Waals surface area contributed by atoms with Gasteiger partial charge in [0.1, 0.15) is 0 Å². The van der Waals surface area contributed by atoms with Gasteiger partial charge in [-0.1, -0.05) is 6.92 Å². The summed E-state index contributed by atoms with van der Waals surface area (Å²) < 4.78 is 0. The fourth-order valence-corrected chi connectivity index (χ4v) is 2.75. The quantitative estimate of drug-likeness (QED) is 0.779. The van der Waals surface area contributed by atoms with Gasteiger partial charge in [-0.3, -0.25) is 4.79 Å². The van der Waals surface area contributed by atoms with Crippen molar-refractivity contribution in [1.29, 1.82) is 0 Å². The Bertz CT molecular complexity index is 288. The van der Waals surface area contributed by atoms with Gasteiger partial charge in [0, 0.05) is 19.1 Å². The van der Waals surface area contributed by atoms with Gasteiger partial charge in [0.05, 0.1) is 6.04 Å². The third-order valence-electron chi connectivity index (χ3n) is 4.28. The van der Waals surface area contributed by atoms with Crippen molar-refractivity contribution in [3.05, 3.63) is 0 Å². The summed E-state index contributed by atoms with van der Waals surface area (Å²) in [7, 11) is 0. The zero-order valence-electron chi connectivity index (χ0n) is 10.1. The number of hydrogen-bond donors (Lipinski definition) is 1. The van der Waals surface area contributed by atoms with E-state index in [1.54, 1.807) is 0 Å². The molecule has 3 unspecified atom stereocenters. The van der Waals surface area contributed by atoms with Gasteiger partial charge in [0.15, 0.2) is 0 Å². The smallest absolute Gasteiger partial charge is 0.239 e. The van der Waals surface area contributed by atoms with Crippen molar-refractivity contribution in [2.75, 3.05) is 13.1 Å². The lowest BCUT2D eigenvalue weighted by Crippen LogP contribution is -2.51. The molecule has 1 saturated heterocycles. The Morgan fingerprint density at radius 3 is 2.75 bits per heavy atom. The van der Waals surface area contributed by atoms with E-state index in [0.29, 0.717) is 11.9 Å². The van der Waals surface area contributed by atoms with Crippen molar-refractivity contribution < 1.29 is 4.79 Å². The van der Waals surface area contributed by atoms with E-state index in [0.717, 1.165) is 31.3 Å². The summed E-state index contributed by atoms with van der Waals surface area (Å²) in [6.45, 7) is 4.30. The van der Waals surface area contributed by atoms with E-state index in [9.17, 15) is 4.79 Å². The van der Waals surface area contributed by atoms with Crippen LogP contribution >= 0.6 is 0 Å². The highest BCUT2D eigenvalue weighted by atomic mass is 16.2. The van der Waals surface area contributed by atoms with Crippen LogP contribution in [0.3, 0.4) is 0 Å². The van der Waals surface area contributed by atoms with Crippen LogP contribution in [-0.2, 0) is 4.79 Å². The van der Waals surface area contributed by atoms with E-state index in [-0.39, 0.29) is 6.04 Å². The molecule has 1 aliphatic heterocycles. The normalized spacial score (nSPS) is 38.9. The largest absolute Gasteiger partial charge is 0.341 e. The number of likely N-dealkylation sites (tertiary alicyclic amines) is 1. The minimum Gasteiger partial charge on any atom is -0.341 e. The molecule has 0 radical (unpaired) electrons. The number of carbonyl (C=O) groups excluding carboxylic acids is 1. The third kappa shape index (κ3) is 2.24. The van der Waals surface area contributed by atoms with Crippen LogP contribution in [0.2, 0.25) is 0 Å². The molecule has 0 bridgehead atoms. The van der Waals surface area contributed by atoms with Gasteiger partial charge in [-0.25, -0.2) is 0 Å². The molecule has 16 heavy (non-hydrogen) atoms. The zero-order chi connectivity index (χ0) is 11.1. The van der Waals surface area contributed by atoms with Crippen molar-refractivity contribution in [2.45, 2.75) is 51.1 Å². The highest BCUT2D eigenvalue weighted by Gasteiger charge is 2.38. The van der Waals surface area contributed by atoms with Gasteiger partial charge in [-0.15, -0.1) is 0 Å². The lowest BCUT2D eigenvalue weighted by Gasteiger charge is -2.33. The topological polar surface area (TPSA) is 32.3 Å². The summed E-state index contributed by atoms with van der Waals surface area (Å²) in [6, 6.07) is 0.782. The van der Waals surface area contributed by atoms with Crippen LogP contribution < -0.4 is 5.32 Å². The fourth-order valence-electron chi connectivity index (χ4n) is 2.75. The fraction of sp³-hybridized carbons (Fsp3) is 0.923. The molecule has 1 amide bonds. The molecule has 3 fully saturated rings. The molecule has 1 heterocycles. The number of amides is 1. The lowest BCUT2D eigenvalue weighted by atomic mass is 10.0. The Balaban J connectivity index is 1.54. The maximum Gasteiger partial charge on any atom is 0.239 e. The van der Waals surface area contributed by atoms with Gasteiger partial charge in [0.2, 0.25) is 5.91 Å². The Morgan fingerprint density at radius 2 is 2.12 bits per heavy atom. The molecular formula is C13H22N2O. The van der Waals surface area contributed by atoms with Crippen molar-refractivity contribution in [3.63, 3.8) is 0 Å². The van der Waals surface area contributed by atoms with E-state index in [4.69, 9.17) is 0 Å². The molecule has 0 aromatic carbocycles. The molecule has 3 rings (SSSR count). The molecule has 3 aliphatic rings. The summed E-state index contributed by atoms with van der Waals surface area (Å²) in [6.07, 6.45) is 6.08. The summed E-state index contributed by atoms with van der Waals surface area (Å²) in [5.74, 6) is 2.02. The van der Waals surface area contributed by atoms with Crippen molar-refractivity contribution in [2.24, 2.45) is 11.8 Å². The third-order valence-corrected chi connectivity index (χ3v) is 4.28. The second kappa shape index (κ2) is 4.02. The first-order valence-corrected chi connectivity index (χ1v) is 6.79. The number of hydrogen-bond acceptors (Lipinski definition) is 2. The molecule has 2 aliphatic carbocycles. The van der Waals surface area contributed by atoms with Gasteiger partial charge < -0.3 is 10.2 Å².